The summed E-state index contributed by atoms with van der Waals surface area (Å²) in [6.45, 7) is 3.81. The summed E-state index contributed by atoms with van der Waals surface area (Å²) < 4.78 is 19.5. The monoisotopic (exact) mass is 327 g/mol. The van der Waals surface area contributed by atoms with E-state index in [0.717, 1.165) is 5.56 Å². The number of nitriles is 1. The molecule has 2 N–H and O–H groups in total. The van der Waals surface area contributed by atoms with Crippen LogP contribution in [0.15, 0.2) is 42.5 Å². The molecule has 0 fully saturated rings. The molecule has 0 unspecified atom stereocenters. The number of amides is 2. The Kier molecular flexibility index (Phi) is 5.74. The molecule has 2 rings (SSSR count). The molecule has 0 spiro atoms. The predicted molar refractivity (Wildman–Crippen MR) is 89.2 cm³/mol. The van der Waals surface area contributed by atoms with Crippen molar-refractivity contribution in [2.24, 2.45) is 0 Å². The number of anilines is 1. The van der Waals surface area contributed by atoms with Crippen molar-refractivity contribution in [2.45, 2.75) is 26.5 Å². The number of ether oxygens (including phenoxy) is 1. The fourth-order valence-corrected chi connectivity index (χ4v) is 2.02. The zero-order chi connectivity index (χ0) is 17.5. The zero-order valence-corrected chi connectivity index (χ0v) is 13.5. The summed E-state index contributed by atoms with van der Waals surface area (Å²) in [7, 11) is 0. The molecule has 5 nitrogen and oxygen atoms in total. The Bertz CT molecular complexity index is 769. The largest absolute Gasteiger partial charge is 0.486 e. The third-order valence-electron chi connectivity index (χ3n) is 3.06. The first-order valence-corrected chi connectivity index (χ1v) is 7.47. The number of halogens is 1. The van der Waals surface area contributed by atoms with Crippen molar-refractivity contribution in [1.29, 1.82) is 5.26 Å². The molecular weight excluding hydrogens is 309 g/mol. The van der Waals surface area contributed by atoms with Gasteiger partial charge in [0.05, 0.1) is 11.6 Å². The minimum atomic E-state index is -0.575. The molecule has 0 bridgehead atoms. The highest BCUT2D eigenvalue weighted by molar-refractivity contribution is 5.89. The van der Waals surface area contributed by atoms with Gasteiger partial charge in [0, 0.05) is 17.8 Å². The van der Waals surface area contributed by atoms with E-state index >= 15 is 0 Å². The van der Waals surface area contributed by atoms with E-state index in [1.807, 2.05) is 19.9 Å². The van der Waals surface area contributed by atoms with Gasteiger partial charge in [-0.15, -0.1) is 0 Å². The number of hydrogen-bond acceptors (Lipinski definition) is 3. The lowest BCUT2D eigenvalue weighted by Crippen LogP contribution is -2.34. The number of rotatable bonds is 5. The molecule has 0 heterocycles. The Hall–Kier alpha value is -3.07. The van der Waals surface area contributed by atoms with Gasteiger partial charge in [-0.1, -0.05) is 12.1 Å². The van der Waals surface area contributed by atoms with Gasteiger partial charge in [-0.3, -0.25) is 0 Å². The van der Waals surface area contributed by atoms with E-state index in [1.165, 1.54) is 12.1 Å². The van der Waals surface area contributed by atoms with Crippen LogP contribution in [0.25, 0.3) is 0 Å². The highest BCUT2D eigenvalue weighted by Crippen LogP contribution is 2.22. The van der Waals surface area contributed by atoms with Crippen LogP contribution >= 0.6 is 0 Å². The summed E-state index contributed by atoms with van der Waals surface area (Å²) in [5, 5.41) is 14.1. The summed E-state index contributed by atoms with van der Waals surface area (Å²) in [6, 6.07) is 12.8. The van der Waals surface area contributed by atoms with E-state index in [9.17, 15) is 9.18 Å². The van der Waals surface area contributed by atoms with Gasteiger partial charge < -0.3 is 15.4 Å². The number of carbonyl (C=O) groups is 1. The van der Waals surface area contributed by atoms with E-state index < -0.39 is 11.8 Å². The summed E-state index contributed by atoms with van der Waals surface area (Å²) in [5.74, 6) is -0.499. The van der Waals surface area contributed by atoms with Gasteiger partial charge in [0.1, 0.15) is 6.61 Å². The maximum absolute atomic E-state index is 14.1. The first kappa shape index (κ1) is 17.3. The number of urea groups is 1. The van der Waals surface area contributed by atoms with Gasteiger partial charge in [0.15, 0.2) is 11.6 Å². The van der Waals surface area contributed by atoms with Gasteiger partial charge in [-0.2, -0.15) is 5.26 Å². The summed E-state index contributed by atoms with van der Waals surface area (Å²) >= 11 is 0. The van der Waals surface area contributed by atoms with Crippen molar-refractivity contribution in [2.75, 3.05) is 5.32 Å². The third kappa shape index (κ3) is 4.99. The van der Waals surface area contributed by atoms with E-state index in [-0.39, 0.29) is 18.4 Å². The normalized spacial score (nSPS) is 10.1. The van der Waals surface area contributed by atoms with Gasteiger partial charge >= 0.3 is 6.03 Å². The lowest BCUT2D eigenvalue weighted by atomic mass is 10.1. The number of carbonyl (C=O) groups excluding carboxylic acids is 1. The van der Waals surface area contributed by atoms with Crippen molar-refractivity contribution in [3.63, 3.8) is 0 Å². The Morgan fingerprint density at radius 1 is 1.29 bits per heavy atom. The minimum Gasteiger partial charge on any atom is -0.486 e. The highest BCUT2D eigenvalue weighted by atomic mass is 19.1. The number of benzene rings is 2. The molecule has 6 heteroatoms. The molecule has 0 aliphatic rings. The van der Waals surface area contributed by atoms with Crippen LogP contribution in [0.4, 0.5) is 14.9 Å². The average molecular weight is 327 g/mol. The Morgan fingerprint density at radius 3 is 2.75 bits per heavy atom. The van der Waals surface area contributed by atoms with Crippen LogP contribution in [0.5, 0.6) is 5.75 Å². The summed E-state index contributed by atoms with van der Waals surface area (Å²) in [4.78, 5) is 11.6. The molecule has 0 aliphatic carbocycles. The molecule has 0 saturated heterocycles. The second-order valence-electron chi connectivity index (χ2n) is 5.50. The Morgan fingerprint density at radius 2 is 2.08 bits per heavy atom. The van der Waals surface area contributed by atoms with E-state index in [1.54, 1.807) is 30.3 Å². The Balaban J connectivity index is 1.99. The molecule has 0 aliphatic heterocycles. The molecule has 2 aromatic rings. The number of nitrogens with zero attached hydrogens (tertiary/aromatic N) is 1. The maximum atomic E-state index is 14.1. The number of nitrogens with one attached hydrogen (secondary N) is 2. The van der Waals surface area contributed by atoms with Gasteiger partial charge in [-0.25, -0.2) is 9.18 Å². The van der Waals surface area contributed by atoms with Crippen LogP contribution in [0.1, 0.15) is 25.0 Å². The first-order valence-electron chi connectivity index (χ1n) is 7.47. The minimum absolute atomic E-state index is 0.0124. The van der Waals surface area contributed by atoms with E-state index in [4.69, 9.17) is 10.00 Å². The first-order chi connectivity index (χ1) is 11.5. The summed E-state index contributed by atoms with van der Waals surface area (Å²) in [6.07, 6.45) is 0. The topological polar surface area (TPSA) is 74.2 Å². The summed E-state index contributed by atoms with van der Waals surface area (Å²) in [5.41, 5.74) is 1.63. The fourth-order valence-electron chi connectivity index (χ4n) is 2.02. The van der Waals surface area contributed by atoms with Crippen LogP contribution in [0, 0.1) is 17.1 Å². The van der Waals surface area contributed by atoms with Crippen LogP contribution in [0.2, 0.25) is 0 Å². The van der Waals surface area contributed by atoms with Crippen molar-refractivity contribution >= 4 is 11.7 Å². The van der Waals surface area contributed by atoms with Gasteiger partial charge in [0.25, 0.3) is 0 Å². The molecule has 0 radical (unpaired) electrons. The number of hydrogen-bond donors (Lipinski definition) is 2. The van der Waals surface area contributed by atoms with Gasteiger partial charge in [0.2, 0.25) is 0 Å². The van der Waals surface area contributed by atoms with Crippen molar-refractivity contribution < 1.29 is 13.9 Å². The quantitative estimate of drug-likeness (QED) is 0.877. The average Bonchev–Trinajstić information content (AvgIpc) is 2.53. The second-order valence-corrected chi connectivity index (χ2v) is 5.50. The van der Waals surface area contributed by atoms with E-state index in [2.05, 4.69) is 10.6 Å². The molecule has 0 atom stereocenters. The van der Waals surface area contributed by atoms with Crippen LogP contribution in [-0.2, 0) is 6.61 Å². The molecule has 2 aromatic carbocycles. The lowest BCUT2D eigenvalue weighted by molar-refractivity contribution is 0.250. The molecule has 124 valence electrons. The molecule has 24 heavy (non-hydrogen) atoms. The van der Waals surface area contributed by atoms with Crippen LogP contribution in [-0.4, -0.2) is 12.1 Å². The predicted octanol–water partition coefficient (Wildman–Crippen LogP) is 3.81. The third-order valence-corrected chi connectivity index (χ3v) is 3.06. The van der Waals surface area contributed by atoms with Crippen molar-refractivity contribution in [3.05, 3.63) is 59.4 Å². The lowest BCUT2D eigenvalue weighted by Gasteiger charge is -2.12. The van der Waals surface area contributed by atoms with Crippen molar-refractivity contribution in [1.82, 2.24) is 5.32 Å². The molecular formula is C18H18FN3O2. The van der Waals surface area contributed by atoms with E-state index in [0.29, 0.717) is 11.3 Å². The molecule has 0 saturated carbocycles. The van der Waals surface area contributed by atoms with Crippen LogP contribution in [0.3, 0.4) is 0 Å². The fraction of sp³-hybridized carbons (Fsp3) is 0.222. The standard InChI is InChI=1S/C18H18FN3O2/c1-12(2)21-18(23)22-15-6-7-17(16(19)9-15)24-11-14-5-3-4-13(8-14)10-20/h3-9,12H,11H2,1-2H3,(H2,21,22,23). The SMILES string of the molecule is CC(C)NC(=O)Nc1ccc(OCc2cccc(C#N)c2)c(F)c1. The second kappa shape index (κ2) is 7.97. The molecule has 2 amide bonds. The maximum Gasteiger partial charge on any atom is 0.319 e. The van der Waals surface area contributed by atoms with Crippen LogP contribution < -0.4 is 15.4 Å². The smallest absolute Gasteiger partial charge is 0.319 e. The van der Waals surface area contributed by atoms with Gasteiger partial charge in [-0.05, 0) is 43.7 Å². The zero-order valence-electron chi connectivity index (χ0n) is 13.5. The highest BCUT2D eigenvalue weighted by Gasteiger charge is 2.08. The Labute approximate surface area is 140 Å². The molecule has 0 aromatic heterocycles. The van der Waals surface area contributed by atoms with Crippen molar-refractivity contribution in [3.8, 4) is 11.8 Å².